The first-order valence-electron chi connectivity index (χ1n) is 10.7. The van der Waals surface area contributed by atoms with E-state index in [-0.39, 0.29) is 29.4 Å². The highest BCUT2D eigenvalue weighted by atomic mass is 16.4. The number of anilines is 1. The van der Waals surface area contributed by atoms with Crippen LogP contribution in [0.25, 0.3) is 0 Å². The van der Waals surface area contributed by atoms with E-state index in [0.29, 0.717) is 49.2 Å². The lowest BCUT2D eigenvalue weighted by Crippen LogP contribution is -2.49. The fourth-order valence-corrected chi connectivity index (χ4v) is 4.63. The Labute approximate surface area is 176 Å². The second-order valence-corrected chi connectivity index (χ2v) is 9.80. The van der Waals surface area contributed by atoms with E-state index < -0.39 is 0 Å². The Hall–Kier alpha value is -2.54. The van der Waals surface area contributed by atoms with Crippen molar-refractivity contribution in [3.63, 3.8) is 0 Å². The van der Waals surface area contributed by atoms with E-state index in [0.717, 1.165) is 18.7 Å². The summed E-state index contributed by atoms with van der Waals surface area (Å²) in [6, 6.07) is 7.37. The minimum Gasteiger partial charge on any atom is -0.462 e. The summed E-state index contributed by atoms with van der Waals surface area (Å²) < 4.78 is 7.36. The van der Waals surface area contributed by atoms with Crippen LogP contribution in [0.1, 0.15) is 56.7 Å². The summed E-state index contributed by atoms with van der Waals surface area (Å²) in [4.78, 5) is 27.8. The number of aromatic nitrogens is 1. The van der Waals surface area contributed by atoms with E-state index in [1.165, 1.54) is 0 Å². The average molecular weight is 414 g/mol. The molecule has 2 N–H and O–H groups in total. The van der Waals surface area contributed by atoms with Gasteiger partial charge in [-0.15, -0.1) is 0 Å². The third-order valence-corrected chi connectivity index (χ3v) is 5.96. The summed E-state index contributed by atoms with van der Waals surface area (Å²) in [5, 5.41) is 12.3. The highest BCUT2D eigenvalue weighted by Crippen LogP contribution is 2.36. The Balaban J connectivity index is 1.49. The van der Waals surface area contributed by atoms with Crippen LogP contribution in [0.4, 0.5) is 5.69 Å². The highest BCUT2D eigenvalue weighted by Gasteiger charge is 2.37. The molecule has 4 heterocycles. The van der Waals surface area contributed by atoms with Gasteiger partial charge in [0.05, 0.1) is 6.54 Å². The largest absolute Gasteiger partial charge is 0.462 e. The summed E-state index contributed by atoms with van der Waals surface area (Å²) >= 11 is 0. The number of nitrogens with one attached hydrogen (secondary N) is 1. The molecule has 0 spiro atoms. The van der Waals surface area contributed by atoms with Gasteiger partial charge in [-0.05, 0) is 42.0 Å². The molecule has 0 aliphatic carbocycles. The van der Waals surface area contributed by atoms with Gasteiger partial charge in [0.1, 0.15) is 23.8 Å². The van der Waals surface area contributed by atoms with Gasteiger partial charge in [0, 0.05) is 37.7 Å². The van der Waals surface area contributed by atoms with Gasteiger partial charge in [0.15, 0.2) is 0 Å². The molecule has 1 saturated heterocycles. The van der Waals surface area contributed by atoms with Crippen LogP contribution in [0.3, 0.4) is 0 Å². The van der Waals surface area contributed by atoms with E-state index in [1.54, 1.807) is 12.1 Å². The average Bonchev–Trinajstić information content (AvgIpc) is 3.14. The molecule has 2 aromatic heterocycles. The molecular weight excluding hydrogens is 382 g/mol. The lowest BCUT2D eigenvalue weighted by molar-refractivity contribution is -0.135. The zero-order valence-electron chi connectivity index (χ0n) is 18.0. The van der Waals surface area contributed by atoms with Crippen molar-refractivity contribution in [2.24, 2.45) is 11.3 Å². The number of hydrogen-bond donors (Lipinski definition) is 2. The summed E-state index contributed by atoms with van der Waals surface area (Å²) in [5.74, 6) is 1.91. The van der Waals surface area contributed by atoms with E-state index in [2.05, 4.69) is 26.1 Å². The maximum absolute atomic E-state index is 13.1. The van der Waals surface area contributed by atoms with Gasteiger partial charge in [0.2, 0.25) is 5.91 Å². The Morgan fingerprint density at radius 3 is 2.63 bits per heavy atom. The summed E-state index contributed by atoms with van der Waals surface area (Å²) in [6.07, 6.45) is 1.58. The number of amides is 1. The first kappa shape index (κ1) is 20.7. The third-order valence-electron chi connectivity index (χ3n) is 5.96. The predicted octanol–water partition coefficient (Wildman–Crippen LogP) is 2.93. The minimum atomic E-state index is -0.139. The third kappa shape index (κ3) is 4.31. The van der Waals surface area contributed by atoms with Gasteiger partial charge in [-0.1, -0.05) is 20.8 Å². The fourth-order valence-electron chi connectivity index (χ4n) is 4.63. The van der Waals surface area contributed by atoms with Crippen molar-refractivity contribution < 1.29 is 14.3 Å². The van der Waals surface area contributed by atoms with E-state index in [4.69, 9.17) is 9.52 Å². The summed E-state index contributed by atoms with van der Waals surface area (Å²) in [5.41, 5.74) is 1.52. The van der Waals surface area contributed by atoms with Gasteiger partial charge < -0.3 is 24.3 Å². The van der Waals surface area contributed by atoms with Crippen LogP contribution in [0.15, 0.2) is 33.5 Å². The van der Waals surface area contributed by atoms with Crippen molar-refractivity contribution in [1.29, 1.82) is 0 Å². The molecule has 2 bridgehead atoms. The standard InChI is InChI=1S/C23H31N3O4/c1-23(2,3)9-21(28)25-11-15-8-16(13-25)20-7-6-19(22(29)26(20)12-15)24-10-17-4-5-18(14-27)30-17/h4-7,15-16,24,27H,8-14H2,1-3H3/t15-,16+/m0/s1. The van der Waals surface area contributed by atoms with E-state index in [1.807, 2.05) is 21.6 Å². The number of piperidine rings is 1. The van der Waals surface area contributed by atoms with Gasteiger partial charge in [-0.2, -0.15) is 0 Å². The second kappa shape index (κ2) is 7.95. The van der Waals surface area contributed by atoms with Gasteiger partial charge >= 0.3 is 0 Å². The maximum atomic E-state index is 13.1. The van der Waals surface area contributed by atoms with Crippen molar-refractivity contribution in [2.45, 2.75) is 59.2 Å². The van der Waals surface area contributed by atoms with Crippen molar-refractivity contribution >= 4 is 11.6 Å². The van der Waals surface area contributed by atoms with Crippen LogP contribution in [-0.2, 0) is 24.5 Å². The van der Waals surface area contributed by atoms with Crippen molar-refractivity contribution in [3.05, 3.63) is 51.8 Å². The molecule has 0 radical (unpaired) electrons. The van der Waals surface area contributed by atoms with Gasteiger partial charge in [-0.25, -0.2) is 0 Å². The number of rotatable bonds is 5. The number of fused-ring (bicyclic) bond motifs is 4. The predicted molar refractivity (Wildman–Crippen MR) is 114 cm³/mol. The first-order chi connectivity index (χ1) is 14.2. The molecule has 0 saturated carbocycles. The Morgan fingerprint density at radius 2 is 1.93 bits per heavy atom. The monoisotopic (exact) mass is 413 g/mol. The molecule has 1 amide bonds. The molecule has 0 aromatic carbocycles. The van der Waals surface area contributed by atoms with E-state index >= 15 is 0 Å². The molecule has 2 aromatic rings. The van der Waals surface area contributed by atoms with Crippen LogP contribution in [0.2, 0.25) is 0 Å². The number of carbonyl (C=O) groups excluding carboxylic acids is 1. The number of likely N-dealkylation sites (tertiary alicyclic amines) is 1. The quantitative estimate of drug-likeness (QED) is 0.787. The molecule has 2 atom stereocenters. The van der Waals surface area contributed by atoms with Crippen LogP contribution in [0.5, 0.6) is 0 Å². The summed E-state index contributed by atoms with van der Waals surface area (Å²) in [6.45, 7) is 8.58. The van der Waals surface area contributed by atoms with Crippen LogP contribution < -0.4 is 10.9 Å². The number of aliphatic hydroxyl groups is 1. The molecule has 1 fully saturated rings. The molecular formula is C23H31N3O4. The van der Waals surface area contributed by atoms with Crippen molar-refractivity contribution in [2.75, 3.05) is 18.4 Å². The Kier molecular flexibility index (Phi) is 5.49. The number of pyridine rings is 1. The smallest absolute Gasteiger partial charge is 0.274 e. The molecule has 7 nitrogen and oxygen atoms in total. The zero-order valence-corrected chi connectivity index (χ0v) is 18.0. The number of furan rings is 1. The van der Waals surface area contributed by atoms with Crippen molar-refractivity contribution in [3.8, 4) is 0 Å². The molecule has 30 heavy (non-hydrogen) atoms. The molecule has 2 aliphatic rings. The van der Waals surface area contributed by atoms with Crippen LogP contribution in [0, 0.1) is 11.3 Å². The topological polar surface area (TPSA) is 87.7 Å². The normalized spacial score (nSPS) is 20.7. The van der Waals surface area contributed by atoms with E-state index in [9.17, 15) is 9.59 Å². The van der Waals surface area contributed by atoms with Gasteiger partial charge in [-0.3, -0.25) is 9.59 Å². The number of hydrogen-bond acceptors (Lipinski definition) is 5. The molecule has 162 valence electrons. The number of carbonyl (C=O) groups is 1. The molecule has 2 aliphatic heterocycles. The lowest BCUT2D eigenvalue weighted by Gasteiger charge is -2.43. The Morgan fingerprint density at radius 1 is 1.17 bits per heavy atom. The molecule has 7 heteroatoms. The number of nitrogens with zero attached hydrogens (tertiary/aromatic N) is 2. The Bertz CT molecular complexity index is 985. The highest BCUT2D eigenvalue weighted by molar-refractivity contribution is 5.77. The zero-order chi connectivity index (χ0) is 21.5. The van der Waals surface area contributed by atoms with Crippen LogP contribution in [-0.4, -0.2) is 33.6 Å². The van der Waals surface area contributed by atoms with Crippen molar-refractivity contribution in [1.82, 2.24) is 9.47 Å². The van der Waals surface area contributed by atoms with Crippen LogP contribution >= 0.6 is 0 Å². The summed E-state index contributed by atoms with van der Waals surface area (Å²) in [7, 11) is 0. The SMILES string of the molecule is CC(C)(C)CC(=O)N1C[C@@H]2C[C@H](C1)c1ccc(NCc3ccc(CO)o3)c(=O)n1C2. The van der Waals surface area contributed by atoms with Gasteiger partial charge in [0.25, 0.3) is 5.56 Å². The lowest BCUT2D eigenvalue weighted by atomic mass is 9.82. The fraction of sp³-hybridized carbons (Fsp3) is 0.565. The first-order valence-corrected chi connectivity index (χ1v) is 10.7. The second-order valence-electron chi connectivity index (χ2n) is 9.80. The molecule has 0 unspecified atom stereocenters. The number of aliphatic hydroxyl groups excluding tert-OH is 1. The minimum absolute atomic E-state index is 0.0226. The molecule has 4 rings (SSSR count). The maximum Gasteiger partial charge on any atom is 0.274 e.